The number of hydrogen-bond donors (Lipinski definition) is 2. The van der Waals surface area contributed by atoms with Crippen LogP contribution in [0.3, 0.4) is 0 Å². The molecule has 1 aromatic rings. The largest absolute Gasteiger partial charge is 0.390 e. The lowest BCUT2D eigenvalue weighted by Crippen LogP contribution is -2.39. The van der Waals surface area contributed by atoms with E-state index in [2.05, 4.69) is 15.6 Å². The van der Waals surface area contributed by atoms with Crippen molar-refractivity contribution in [3.8, 4) is 0 Å². The Bertz CT molecular complexity index is 407. The molecule has 0 radical (unpaired) electrons. The fraction of sp³-hybridized carbons (Fsp3) is 0.462. The molecular formula is C13H18F3N3S. The van der Waals surface area contributed by atoms with E-state index in [-0.39, 0.29) is 6.54 Å². The summed E-state index contributed by atoms with van der Waals surface area (Å²) in [5.74, 6) is 1.20. The van der Waals surface area contributed by atoms with E-state index >= 15 is 0 Å². The van der Waals surface area contributed by atoms with Crippen molar-refractivity contribution in [1.82, 2.24) is 10.6 Å². The second-order valence-electron chi connectivity index (χ2n) is 3.95. The average Bonchev–Trinajstić information content (AvgIpc) is 2.41. The minimum Gasteiger partial charge on any atom is -0.356 e. The summed E-state index contributed by atoms with van der Waals surface area (Å²) in [6, 6.07) is 9.91. The first-order valence-electron chi connectivity index (χ1n) is 6.20. The molecule has 0 fully saturated rings. The van der Waals surface area contributed by atoms with Crippen LogP contribution in [0.1, 0.15) is 6.42 Å². The van der Waals surface area contributed by atoms with Crippen molar-refractivity contribution in [3.05, 3.63) is 30.3 Å². The first-order valence-corrected chi connectivity index (χ1v) is 7.19. The molecule has 0 bridgehead atoms. The van der Waals surface area contributed by atoms with Crippen molar-refractivity contribution < 1.29 is 13.2 Å². The van der Waals surface area contributed by atoms with Gasteiger partial charge in [-0.2, -0.15) is 13.2 Å². The molecule has 0 spiro atoms. The van der Waals surface area contributed by atoms with Gasteiger partial charge in [0.05, 0.1) is 6.42 Å². The zero-order chi connectivity index (χ0) is 14.8. The number of aliphatic imine (C=N–C) groups is 1. The Balaban J connectivity index is 2.16. The van der Waals surface area contributed by atoms with Crippen molar-refractivity contribution in [2.24, 2.45) is 4.99 Å². The Morgan fingerprint density at radius 3 is 2.40 bits per heavy atom. The standard InChI is InChI=1S/C13H18F3N3S/c1-17-12(18-8-7-13(14,15)16)19-9-10-20-11-5-3-2-4-6-11/h2-6H,7-10H2,1H3,(H2,17,18,19). The van der Waals surface area contributed by atoms with Crippen molar-refractivity contribution in [1.29, 1.82) is 0 Å². The number of guanidine groups is 1. The summed E-state index contributed by atoms with van der Waals surface area (Å²) in [7, 11) is 1.53. The quantitative estimate of drug-likeness (QED) is 0.367. The second-order valence-corrected chi connectivity index (χ2v) is 5.12. The van der Waals surface area contributed by atoms with E-state index in [1.165, 1.54) is 7.05 Å². The summed E-state index contributed by atoms with van der Waals surface area (Å²) in [6.45, 7) is 0.459. The molecule has 112 valence electrons. The molecule has 0 saturated carbocycles. The van der Waals surface area contributed by atoms with E-state index in [1.807, 2.05) is 30.3 Å². The number of nitrogens with zero attached hydrogens (tertiary/aromatic N) is 1. The average molecular weight is 305 g/mol. The molecule has 3 nitrogen and oxygen atoms in total. The molecule has 0 aliphatic heterocycles. The van der Waals surface area contributed by atoms with E-state index in [9.17, 15) is 13.2 Å². The molecule has 2 N–H and O–H groups in total. The number of benzene rings is 1. The number of rotatable bonds is 6. The predicted molar refractivity (Wildman–Crippen MR) is 77.2 cm³/mol. The molecule has 0 heterocycles. The molecule has 0 aliphatic rings. The monoisotopic (exact) mass is 305 g/mol. The van der Waals surface area contributed by atoms with Gasteiger partial charge in [0.2, 0.25) is 0 Å². The minimum atomic E-state index is -4.14. The van der Waals surface area contributed by atoms with Gasteiger partial charge in [-0.3, -0.25) is 4.99 Å². The van der Waals surface area contributed by atoms with Crippen LogP contribution in [-0.4, -0.2) is 38.0 Å². The molecule has 7 heteroatoms. The van der Waals surface area contributed by atoms with E-state index < -0.39 is 12.6 Å². The first kappa shape index (κ1) is 16.7. The molecule has 20 heavy (non-hydrogen) atoms. The summed E-state index contributed by atoms with van der Waals surface area (Å²) >= 11 is 1.68. The van der Waals surface area contributed by atoms with Gasteiger partial charge in [-0.25, -0.2) is 0 Å². The highest BCUT2D eigenvalue weighted by atomic mass is 32.2. The van der Waals surface area contributed by atoms with Gasteiger partial charge in [-0.1, -0.05) is 18.2 Å². The Hall–Kier alpha value is -1.37. The number of thioether (sulfide) groups is 1. The molecule has 1 aromatic carbocycles. The van der Waals surface area contributed by atoms with Crippen molar-refractivity contribution in [2.45, 2.75) is 17.5 Å². The van der Waals surface area contributed by atoms with Crippen molar-refractivity contribution in [2.75, 3.05) is 25.9 Å². The Morgan fingerprint density at radius 2 is 1.80 bits per heavy atom. The topological polar surface area (TPSA) is 36.4 Å². The maximum atomic E-state index is 12.0. The van der Waals surface area contributed by atoms with Crippen LogP contribution in [0, 0.1) is 0 Å². The Kier molecular flexibility index (Phi) is 7.28. The fourth-order valence-corrected chi connectivity index (χ4v) is 2.19. The lowest BCUT2D eigenvalue weighted by atomic mass is 10.4. The zero-order valence-corrected chi connectivity index (χ0v) is 12.0. The van der Waals surface area contributed by atoms with Crippen LogP contribution >= 0.6 is 11.8 Å². The molecular weight excluding hydrogens is 287 g/mol. The van der Waals surface area contributed by atoms with E-state index in [4.69, 9.17) is 0 Å². The summed E-state index contributed by atoms with van der Waals surface area (Å²) in [4.78, 5) is 5.03. The number of halogens is 3. The van der Waals surface area contributed by atoms with Crippen LogP contribution in [0.4, 0.5) is 13.2 Å². The highest BCUT2D eigenvalue weighted by Crippen LogP contribution is 2.18. The lowest BCUT2D eigenvalue weighted by Gasteiger charge is -2.12. The van der Waals surface area contributed by atoms with Crippen LogP contribution in [0.5, 0.6) is 0 Å². The third kappa shape index (κ3) is 7.93. The van der Waals surface area contributed by atoms with Gasteiger partial charge in [-0.15, -0.1) is 11.8 Å². The van der Waals surface area contributed by atoms with Gasteiger partial charge in [0.25, 0.3) is 0 Å². The van der Waals surface area contributed by atoms with Gasteiger partial charge < -0.3 is 10.6 Å². The molecule has 0 aromatic heterocycles. The van der Waals surface area contributed by atoms with E-state index in [1.54, 1.807) is 11.8 Å². The normalized spacial score (nSPS) is 12.3. The van der Waals surface area contributed by atoms with Gasteiger partial charge >= 0.3 is 6.18 Å². The maximum absolute atomic E-state index is 12.0. The zero-order valence-electron chi connectivity index (χ0n) is 11.2. The minimum absolute atomic E-state index is 0.172. The molecule has 1 rings (SSSR count). The Morgan fingerprint density at radius 1 is 1.15 bits per heavy atom. The van der Waals surface area contributed by atoms with Gasteiger partial charge in [0.1, 0.15) is 0 Å². The maximum Gasteiger partial charge on any atom is 0.390 e. The summed E-state index contributed by atoms with van der Waals surface area (Å²) < 4.78 is 36.0. The first-order chi connectivity index (χ1) is 9.51. The molecule has 0 unspecified atom stereocenters. The Labute approximate surface area is 121 Å². The molecule has 0 atom stereocenters. The SMILES string of the molecule is CN=C(NCCSc1ccccc1)NCCC(F)(F)F. The van der Waals surface area contributed by atoms with Gasteiger partial charge in [0.15, 0.2) is 5.96 Å². The van der Waals surface area contributed by atoms with Crippen molar-refractivity contribution in [3.63, 3.8) is 0 Å². The third-order valence-corrected chi connectivity index (χ3v) is 3.34. The van der Waals surface area contributed by atoms with Crippen LogP contribution in [0.25, 0.3) is 0 Å². The molecule has 0 amide bonds. The molecule has 0 aliphatic carbocycles. The summed E-state index contributed by atoms with van der Waals surface area (Å²) in [5, 5.41) is 5.61. The van der Waals surface area contributed by atoms with Crippen LogP contribution in [0.15, 0.2) is 40.2 Å². The van der Waals surface area contributed by atoms with Gasteiger partial charge in [0, 0.05) is 30.8 Å². The molecule has 0 saturated heterocycles. The number of nitrogens with one attached hydrogen (secondary N) is 2. The summed E-state index contributed by atoms with van der Waals surface area (Å²) in [5.41, 5.74) is 0. The highest BCUT2D eigenvalue weighted by molar-refractivity contribution is 7.99. The second kappa shape index (κ2) is 8.73. The van der Waals surface area contributed by atoms with Gasteiger partial charge in [-0.05, 0) is 12.1 Å². The fourth-order valence-electron chi connectivity index (χ4n) is 1.40. The van der Waals surface area contributed by atoms with Crippen LogP contribution in [0.2, 0.25) is 0 Å². The van der Waals surface area contributed by atoms with Crippen LogP contribution < -0.4 is 10.6 Å². The van der Waals surface area contributed by atoms with Crippen molar-refractivity contribution >= 4 is 17.7 Å². The number of hydrogen-bond acceptors (Lipinski definition) is 2. The lowest BCUT2D eigenvalue weighted by molar-refractivity contribution is -0.132. The summed E-state index contributed by atoms with van der Waals surface area (Å²) in [6.07, 6.45) is -5.01. The van der Waals surface area contributed by atoms with E-state index in [0.717, 1.165) is 10.6 Å². The smallest absolute Gasteiger partial charge is 0.356 e. The van der Waals surface area contributed by atoms with Crippen LogP contribution in [-0.2, 0) is 0 Å². The highest BCUT2D eigenvalue weighted by Gasteiger charge is 2.26. The number of alkyl halides is 3. The predicted octanol–water partition coefficient (Wildman–Crippen LogP) is 2.90. The third-order valence-electron chi connectivity index (χ3n) is 2.33. The van der Waals surface area contributed by atoms with E-state index in [0.29, 0.717) is 12.5 Å².